The molecule has 10 heteroatoms. The van der Waals surface area contributed by atoms with Crippen LogP contribution in [0.3, 0.4) is 0 Å². The summed E-state index contributed by atoms with van der Waals surface area (Å²) in [6, 6.07) is 1.68. The van der Waals surface area contributed by atoms with Crippen molar-refractivity contribution < 1.29 is 4.79 Å². The van der Waals surface area contributed by atoms with E-state index in [1.807, 2.05) is 0 Å². The van der Waals surface area contributed by atoms with Crippen LogP contribution in [0.1, 0.15) is 0 Å². The van der Waals surface area contributed by atoms with E-state index >= 15 is 0 Å². The van der Waals surface area contributed by atoms with Crippen LogP contribution in [0, 0.1) is 23.7 Å². The number of imidazole rings is 1. The zero-order valence-electron chi connectivity index (χ0n) is 13.4. The predicted molar refractivity (Wildman–Crippen MR) is 90.9 cm³/mol. The summed E-state index contributed by atoms with van der Waals surface area (Å²) in [6.07, 6.45) is 8.32. The van der Waals surface area contributed by atoms with E-state index in [2.05, 4.69) is 21.4 Å². The molecule has 0 saturated heterocycles. The number of hydrogen-bond donors (Lipinski definition) is 1. The molecule has 2 heterocycles. The summed E-state index contributed by atoms with van der Waals surface area (Å²) in [6.45, 7) is 0.00405. The fourth-order valence-electron chi connectivity index (χ4n) is 2.09. The number of anilines is 1. The van der Waals surface area contributed by atoms with E-state index in [1.54, 1.807) is 6.07 Å². The normalized spacial score (nSPS) is 11.0. The van der Waals surface area contributed by atoms with Crippen LogP contribution in [0.25, 0.3) is 11.2 Å². The molecular formula is C15H13N7O3. The van der Waals surface area contributed by atoms with E-state index in [0.29, 0.717) is 0 Å². The number of hydrogen-bond acceptors (Lipinski definition) is 7. The summed E-state index contributed by atoms with van der Waals surface area (Å²) in [4.78, 5) is 39.9. The van der Waals surface area contributed by atoms with Gasteiger partial charge in [0.1, 0.15) is 0 Å². The molecule has 0 saturated carbocycles. The van der Waals surface area contributed by atoms with Crippen LogP contribution in [0.2, 0.25) is 0 Å². The molecule has 0 aliphatic heterocycles. The van der Waals surface area contributed by atoms with Crippen molar-refractivity contribution in [2.24, 2.45) is 19.2 Å². The standard InChI is InChI=1S/C15H13N7O3/c1-4-8-22-11-12(20(2)15(25)21(3)13(11)24)18-14(22)19-17-9-10(23)6-5-7-16/h1,5-6,9H,8H2,2-3H3,(H,18,19). The van der Waals surface area contributed by atoms with Crippen molar-refractivity contribution in [3.05, 3.63) is 33.0 Å². The van der Waals surface area contributed by atoms with E-state index in [4.69, 9.17) is 11.7 Å². The predicted octanol–water partition coefficient (Wildman–Crippen LogP) is -0.887. The topological polar surface area (TPSA) is 127 Å². The van der Waals surface area contributed by atoms with Crippen LogP contribution in [0.15, 0.2) is 26.8 Å². The monoisotopic (exact) mass is 339 g/mol. The molecule has 2 rings (SSSR count). The number of aryl methyl sites for hydroxylation is 1. The fourth-order valence-corrected chi connectivity index (χ4v) is 2.09. The van der Waals surface area contributed by atoms with Gasteiger partial charge in [0.2, 0.25) is 5.95 Å². The summed E-state index contributed by atoms with van der Waals surface area (Å²) in [7, 11) is 2.82. The molecule has 126 valence electrons. The van der Waals surface area contributed by atoms with Crippen LogP contribution < -0.4 is 16.7 Å². The molecule has 0 aliphatic carbocycles. The highest BCUT2D eigenvalue weighted by Gasteiger charge is 2.18. The highest BCUT2D eigenvalue weighted by molar-refractivity contribution is 6.32. The third kappa shape index (κ3) is 3.23. The van der Waals surface area contributed by atoms with Crippen LogP contribution in [-0.4, -0.2) is 30.7 Å². The van der Waals surface area contributed by atoms with Crippen molar-refractivity contribution in [1.29, 1.82) is 5.26 Å². The Balaban J connectivity index is 2.55. The molecule has 0 aromatic carbocycles. The number of rotatable bonds is 5. The first-order valence-corrected chi connectivity index (χ1v) is 6.91. The molecule has 0 fully saturated rings. The van der Waals surface area contributed by atoms with Gasteiger partial charge < -0.3 is 0 Å². The van der Waals surface area contributed by atoms with Gasteiger partial charge in [0, 0.05) is 20.2 Å². The van der Waals surface area contributed by atoms with E-state index in [1.165, 1.54) is 23.2 Å². The quantitative estimate of drug-likeness (QED) is 0.248. The van der Waals surface area contributed by atoms with Crippen molar-refractivity contribution in [2.45, 2.75) is 6.54 Å². The number of nitrogens with zero attached hydrogens (tertiary/aromatic N) is 6. The number of nitriles is 1. The van der Waals surface area contributed by atoms with Gasteiger partial charge in [0.25, 0.3) is 5.56 Å². The van der Waals surface area contributed by atoms with Crippen LogP contribution in [0.4, 0.5) is 5.95 Å². The van der Waals surface area contributed by atoms with Gasteiger partial charge in [0.05, 0.1) is 18.8 Å². The molecule has 10 nitrogen and oxygen atoms in total. The molecule has 2 aromatic rings. The number of carbonyl (C=O) groups is 1. The molecule has 0 spiro atoms. The Bertz CT molecular complexity index is 1100. The summed E-state index contributed by atoms with van der Waals surface area (Å²) in [5.74, 6) is 1.97. The summed E-state index contributed by atoms with van der Waals surface area (Å²) in [5, 5.41) is 12.1. The van der Waals surface area contributed by atoms with Crippen LogP contribution >= 0.6 is 0 Å². The van der Waals surface area contributed by atoms with Crippen LogP contribution in [0.5, 0.6) is 0 Å². The van der Waals surface area contributed by atoms with E-state index < -0.39 is 17.0 Å². The lowest BCUT2D eigenvalue weighted by molar-refractivity contribution is -0.108. The molecule has 1 N–H and O–H groups in total. The minimum absolute atomic E-state index is 0.00405. The number of aromatic nitrogens is 4. The average Bonchev–Trinajstić information content (AvgIpc) is 2.95. The zero-order chi connectivity index (χ0) is 18.6. The lowest BCUT2D eigenvalue weighted by Gasteiger charge is -2.05. The van der Waals surface area contributed by atoms with E-state index in [-0.39, 0.29) is 23.7 Å². The third-order valence-corrected chi connectivity index (χ3v) is 3.28. The van der Waals surface area contributed by atoms with E-state index in [9.17, 15) is 14.4 Å². The second-order valence-electron chi connectivity index (χ2n) is 4.84. The number of nitrogens with one attached hydrogen (secondary N) is 1. The van der Waals surface area contributed by atoms with Crippen molar-refractivity contribution in [2.75, 3.05) is 5.43 Å². The average molecular weight is 339 g/mol. The van der Waals surface area contributed by atoms with Crippen molar-refractivity contribution in [3.63, 3.8) is 0 Å². The van der Waals surface area contributed by atoms with Gasteiger partial charge in [-0.3, -0.25) is 23.3 Å². The lowest BCUT2D eigenvalue weighted by atomic mass is 10.4. The van der Waals surface area contributed by atoms with Crippen molar-refractivity contribution in [3.8, 4) is 18.4 Å². The Labute approximate surface area is 141 Å². The van der Waals surface area contributed by atoms with Gasteiger partial charge in [-0.1, -0.05) is 5.92 Å². The molecule has 0 amide bonds. The molecule has 0 unspecified atom stereocenters. The Hall–Kier alpha value is -3.92. The van der Waals surface area contributed by atoms with Crippen molar-refractivity contribution in [1.82, 2.24) is 18.7 Å². The van der Waals surface area contributed by atoms with Gasteiger partial charge in [-0.2, -0.15) is 15.3 Å². The molecule has 2 aromatic heterocycles. The molecule has 0 bridgehead atoms. The van der Waals surface area contributed by atoms with Gasteiger partial charge in [-0.05, 0) is 6.08 Å². The summed E-state index contributed by atoms with van der Waals surface area (Å²) < 4.78 is 3.53. The molecule has 0 atom stereocenters. The third-order valence-electron chi connectivity index (χ3n) is 3.28. The zero-order valence-corrected chi connectivity index (χ0v) is 13.4. The molecular weight excluding hydrogens is 326 g/mol. The lowest BCUT2D eigenvalue weighted by Crippen LogP contribution is -2.37. The number of allylic oxidation sites excluding steroid dienone is 2. The van der Waals surface area contributed by atoms with E-state index in [0.717, 1.165) is 22.9 Å². The Kier molecular flexibility index (Phi) is 4.95. The first-order chi connectivity index (χ1) is 11.9. The second kappa shape index (κ2) is 7.10. The largest absolute Gasteiger partial charge is 0.332 e. The molecule has 0 aliphatic rings. The van der Waals surface area contributed by atoms with Gasteiger partial charge in [-0.25, -0.2) is 10.2 Å². The number of fused-ring (bicyclic) bond motifs is 1. The SMILES string of the molecule is C#CCn1c(NN=CC(=O)C=CC#N)nc2c1c(=O)n(C)c(=O)n2C. The second-order valence-corrected chi connectivity index (χ2v) is 4.84. The number of terminal acetylenes is 1. The van der Waals surface area contributed by atoms with Gasteiger partial charge in [-0.15, -0.1) is 6.42 Å². The molecule has 0 radical (unpaired) electrons. The first-order valence-electron chi connectivity index (χ1n) is 6.91. The Morgan fingerprint density at radius 3 is 2.76 bits per heavy atom. The first kappa shape index (κ1) is 17.4. The van der Waals surface area contributed by atoms with Crippen LogP contribution in [-0.2, 0) is 25.4 Å². The van der Waals surface area contributed by atoms with Gasteiger partial charge >= 0.3 is 5.69 Å². The number of hydrazone groups is 1. The molecule has 25 heavy (non-hydrogen) atoms. The smallest absolute Gasteiger partial charge is 0.291 e. The Morgan fingerprint density at radius 1 is 1.40 bits per heavy atom. The number of ketones is 1. The maximum Gasteiger partial charge on any atom is 0.332 e. The number of carbonyl (C=O) groups excluding carboxylic acids is 1. The minimum atomic E-state index is -0.550. The van der Waals surface area contributed by atoms with Gasteiger partial charge in [0.15, 0.2) is 16.9 Å². The highest BCUT2D eigenvalue weighted by atomic mass is 16.2. The maximum absolute atomic E-state index is 12.4. The summed E-state index contributed by atoms with van der Waals surface area (Å²) >= 11 is 0. The van der Waals surface area contributed by atoms with Crippen molar-refractivity contribution >= 4 is 29.1 Å². The maximum atomic E-state index is 12.4. The highest BCUT2D eigenvalue weighted by Crippen LogP contribution is 2.15. The summed E-state index contributed by atoms with van der Waals surface area (Å²) in [5.41, 5.74) is 1.70. The fraction of sp³-hybridized carbons (Fsp3) is 0.200. The minimum Gasteiger partial charge on any atom is -0.291 e. The Morgan fingerprint density at radius 2 is 2.12 bits per heavy atom.